The molecule has 5 atom stereocenters. The lowest BCUT2D eigenvalue weighted by atomic mass is 9.78. The van der Waals surface area contributed by atoms with Gasteiger partial charge in [0, 0.05) is 65.1 Å². The molecule has 5 rings (SSSR count). The van der Waals surface area contributed by atoms with Crippen molar-refractivity contribution in [3.8, 4) is 0 Å². The van der Waals surface area contributed by atoms with Crippen molar-refractivity contribution >= 4 is 17.8 Å². The number of likely N-dealkylation sites (tertiary alicyclic amines) is 1. The Hall–Kier alpha value is -2.52. The third-order valence-electron chi connectivity index (χ3n) is 8.99. The lowest BCUT2D eigenvalue weighted by Gasteiger charge is -2.37. The summed E-state index contributed by atoms with van der Waals surface area (Å²) in [5, 5.41) is 0. The predicted octanol–water partition coefficient (Wildman–Crippen LogP) is 2.13. The number of hydrogen-bond acceptors (Lipinski definition) is 7. The first-order chi connectivity index (χ1) is 17.8. The van der Waals surface area contributed by atoms with Gasteiger partial charge in [0.2, 0.25) is 5.91 Å². The highest BCUT2D eigenvalue weighted by Gasteiger charge is 2.59. The van der Waals surface area contributed by atoms with Gasteiger partial charge in [-0.1, -0.05) is 6.07 Å². The topological polar surface area (TPSA) is 98.3 Å². The number of pyridine rings is 1. The molecular formula is C28H39N3O6. The Morgan fingerprint density at radius 1 is 1.27 bits per heavy atom. The molecule has 1 saturated carbocycles. The standard InChI is InChI=1S/C28H39N3O6/c1-18-8-22-13-30(6-4-24(22)29-12-18)27(34)28-11-20(9-21-5-7-36-15-25(21)35-3)10-23(28)14-31(17-28)26(33)16-37-19(2)32/h8,12,20-21,23,25H,4-7,9-11,13-17H2,1-3H3/t20-,21?,23+,25?,28+/m1/s1. The predicted molar refractivity (Wildman–Crippen MR) is 134 cm³/mol. The zero-order chi connectivity index (χ0) is 26.2. The lowest BCUT2D eigenvalue weighted by molar-refractivity contribution is -0.151. The van der Waals surface area contributed by atoms with Crippen molar-refractivity contribution in [2.24, 2.45) is 23.2 Å². The minimum Gasteiger partial charge on any atom is -0.456 e. The number of nitrogens with zero attached hydrogens (tertiary/aromatic N) is 3. The Morgan fingerprint density at radius 3 is 2.89 bits per heavy atom. The summed E-state index contributed by atoms with van der Waals surface area (Å²) >= 11 is 0. The fourth-order valence-electron chi connectivity index (χ4n) is 7.21. The summed E-state index contributed by atoms with van der Waals surface area (Å²) in [5.74, 6) is 0.391. The normalized spacial score (nSPS) is 31.1. The first-order valence-corrected chi connectivity index (χ1v) is 13.5. The third-order valence-corrected chi connectivity index (χ3v) is 8.99. The summed E-state index contributed by atoms with van der Waals surface area (Å²) < 4.78 is 16.3. The summed E-state index contributed by atoms with van der Waals surface area (Å²) in [6.07, 6.45) is 6.41. The number of aromatic nitrogens is 1. The minimum absolute atomic E-state index is 0.0944. The van der Waals surface area contributed by atoms with Crippen molar-refractivity contribution in [3.05, 3.63) is 29.1 Å². The van der Waals surface area contributed by atoms with Crippen LogP contribution >= 0.6 is 0 Å². The number of amides is 2. The average Bonchev–Trinajstić information content (AvgIpc) is 3.41. The van der Waals surface area contributed by atoms with E-state index in [0.29, 0.717) is 44.6 Å². The van der Waals surface area contributed by atoms with Crippen molar-refractivity contribution in [2.45, 2.75) is 58.6 Å². The molecule has 0 spiro atoms. The fourth-order valence-corrected chi connectivity index (χ4v) is 7.21. The van der Waals surface area contributed by atoms with E-state index in [4.69, 9.17) is 14.2 Å². The molecule has 2 unspecified atom stereocenters. The molecule has 1 aromatic rings. The van der Waals surface area contributed by atoms with Gasteiger partial charge in [-0.3, -0.25) is 19.4 Å². The molecule has 2 amide bonds. The number of hydrogen-bond donors (Lipinski definition) is 0. The molecule has 0 N–H and O–H groups in total. The summed E-state index contributed by atoms with van der Waals surface area (Å²) in [4.78, 5) is 46.8. The number of fused-ring (bicyclic) bond motifs is 2. The first kappa shape index (κ1) is 26.1. The van der Waals surface area contributed by atoms with Crippen LogP contribution in [0, 0.1) is 30.1 Å². The molecule has 1 aliphatic carbocycles. The van der Waals surface area contributed by atoms with Gasteiger partial charge in [0.25, 0.3) is 5.91 Å². The second-order valence-electron chi connectivity index (χ2n) is 11.4. The van der Waals surface area contributed by atoms with Crippen LogP contribution in [0.25, 0.3) is 0 Å². The van der Waals surface area contributed by atoms with Crippen molar-refractivity contribution < 1.29 is 28.6 Å². The Balaban J connectivity index is 1.35. The number of methoxy groups -OCH3 is 1. The highest BCUT2D eigenvalue weighted by Crippen LogP contribution is 2.54. The van der Waals surface area contributed by atoms with E-state index in [1.165, 1.54) is 6.92 Å². The highest BCUT2D eigenvalue weighted by atomic mass is 16.5. The van der Waals surface area contributed by atoms with Crippen LogP contribution in [0.3, 0.4) is 0 Å². The largest absolute Gasteiger partial charge is 0.456 e. The van der Waals surface area contributed by atoms with Crippen LogP contribution in [0.1, 0.15) is 49.4 Å². The maximum atomic E-state index is 14.3. The molecule has 4 aliphatic rings. The minimum atomic E-state index is -0.598. The van der Waals surface area contributed by atoms with Crippen molar-refractivity contribution in [1.29, 1.82) is 0 Å². The van der Waals surface area contributed by atoms with Crippen LogP contribution in [0.5, 0.6) is 0 Å². The zero-order valence-corrected chi connectivity index (χ0v) is 22.2. The van der Waals surface area contributed by atoms with Crippen LogP contribution in [-0.4, -0.2) is 85.2 Å². The van der Waals surface area contributed by atoms with E-state index in [-0.39, 0.29) is 30.4 Å². The molecule has 0 aromatic carbocycles. The smallest absolute Gasteiger partial charge is 0.303 e. The monoisotopic (exact) mass is 513 g/mol. The van der Waals surface area contributed by atoms with Crippen molar-refractivity contribution in [2.75, 3.05) is 46.6 Å². The Bertz CT molecular complexity index is 1050. The molecule has 9 heteroatoms. The molecular weight excluding hydrogens is 474 g/mol. The van der Waals surface area contributed by atoms with Gasteiger partial charge in [-0.2, -0.15) is 0 Å². The van der Waals surface area contributed by atoms with Crippen molar-refractivity contribution in [3.63, 3.8) is 0 Å². The SMILES string of the molecule is COC1COCCC1C[C@@H]1C[C@H]2CN(C(=O)COC(C)=O)C[C@@]2(C(=O)N2CCc3ncc(C)cc3C2)C1. The van der Waals surface area contributed by atoms with Gasteiger partial charge < -0.3 is 24.0 Å². The summed E-state index contributed by atoms with van der Waals surface area (Å²) in [6.45, 7) is 6.58. The number of carbonyl (C=O) groups excluding carboxylic acids is 3. The van der Waals surface area contributed by atoms with Crippen LogP contribution in [-0.2, 0) is 41.6 Å². The molecule has 37 heavy (non-hydrogen) atoms. The van der Waals surface area contributed by atoms with E-state index in [0.717, 1.165) is 55.5 Å². The van der Waals surface area contributed by atoms with E-state index in [9.17, 15) is 14.4 Å². The van der Waals surface area contributed by atoms with Gasteiger partial charge in [-0.25, -0.2) is 0 Å². The van der Waals surface area contributed by atoms with Crippen LogP contribution < -0.4 is 0 Å². The van der Waals surface area contributed by atoms with Crippen molar-refractivity contribution in [1.82, 2.24) is 14.8 Å². The number of carbonyl (C=O) groups is 3. The maximum absolute atomic E-state index is 14.3. The number of rotatable bonds is 6. The molecule has 3 aliphatic heterocycles. The molecule has 4 heterocycles. The van der Waals surface area contributed by atoms with E-state index in [1.807, 2.05) is 18.0 Å². The van der Waals surface area contributed by atoms with Gasteiger partial charge in [0.1, 0.15) is 0 Å². The van der Waals surface area contributed by atoms with Gasteiger partial charge in [0.05, 0.1) is 18.1 Å². The van der Waals surface area contributed by atoms with Gasteiger partial charge >= 0.3 is 5.97 Å². The summed E-state index contributed by atoms with van der Waals surface area (Å²) in [6, 6.07) is 2.13. The van der Waals surface area contributed by atoms with E-state index < -0.39 is 11.4 Å². The van der Waals surface area contributed by atoms with Gasteiger partial charge in [0.15, 0.2) is 6.61 Å². The first-order valence-electron chi connectivity index (χ1n) is 13.5. The molecule has 0 bridgehead atoms. The number of esters is 1. The number of aryl methyl sites for hydroxylation is 1. The van der Waals surface area contributed by atoms with Gasteiger partial charge in [-0.15, -0.1) is 0 Å². The Morgan fingerprint density at radius 2 is 2.11 bits per heavy atom. The maximum Gasteiger partial charge on any atom is 0.303 e. The van der Waals surface area contributed by atoms with Crippen LogP contribution in [0.2, 0.25) is 0 Å². The molecule has 202 valence electrons. The van der Waals surface area contributed by atoms with E-state index in [2.05, 4.69) is 11.1 Å². The van der Waals surface area contributed by atoms with Crippen LogP contribution in [0.15, 0.2) is 12.3 Å². The number of ether oxygens (including phenoxy) is 3. The quantitative estimate of drug-likeness (QED) is 0.538. The average molecular weight is 514 g/mol. The molecule has 1 aromatic heterocycles. The second kappa shape index (κ2) is 10.7. The lowest BCUT2D eigenvalue weighted by Crippen LogP contribution is -2.49. The molecule has 9 nitrogen and oxygen atoms in total. The van der Waals surface area contributed by atoms with E-state index in [1.54, 1.807) is 12.0 Å². The second-order valence-corrected chi connectivity index (χ2v) is 11.4. The molecule has 3 fully saturated rings. The molecule has 0 radical (unpaired) electrons. The highest BCUT2D eigenvalue weighted by molar-refractivity contribution is 5.87. The summed E-state index contributed by atoms with van der Waals surface area (Å²) in [7, 11) is 1.75. The zero-order valence-electron chi connectivity index (χ0n) is 22.2. The molecule has 2 saturated heterocycles. The van der Waals surface area contributed by atoms with Gasteiger partial charge in [-0.05, 0) is 61.5 Å². The van der Waals surface area contributed by atoms with Crippen LogP contribution in [0.4, 0.5) is 0 Å². The fraction of sp³-hybridized carbons (Fsp3) is 0.714. The third kappa shape index (κ3) is 5.25. The summed E-state index contributed by atoms with van der Waals surface area (Å²) in [5.41, 5.74) is 2.69. The Kier molecular flexibility index (Phi) is 7.54. The van der Waals surface area contributed by atoms with E-state index >= 15 is 0 Å². The Labute approximate surface area is 218 Å².